The lowest BCUT2D eigenvalue weighted by Crippen LogP contribution is -2.53. The van der Waals surface area contributed by atoms with Crippen molar-refractivity contribution < 1.29 is 22.4 Å². The van der Waals surface area contributed by atoms with Crippen LogP contribution in [0.2, 0.25) is 0 Å². The molecule has 0 saturated heterocycles. The van der Waals surface area contributed by atoms with Gasteiger partial charge in [0.2, 0.25) is 0 Å². The van der Waals surface area contributed by atoms with Crippen molar-refractivity contribution in [2.24, 2.45) is 0 Å². The second-order valence-electron chi connectivity index (χ2n) is 4.82. The summed E-state index contributed by atoms with van der Waals surface area (Å²) in [7, 11) is 0. The Balaban J connectivity index is 2.35. The van der Waals surface area contributed by atoms with E-state index in [1.807, 2.05) is 0 Å². The zero-order chi connectivity index (χ0) is 14.9. The molecule has 6 heteroatoms. The van der Waals surface area contributed by atoms with E-state index in [0.717, 1.165) is 5.56 Å². The Morgan fingerprint density at radius 3 is 2.80 bits per heavy atom. The van der Waals surface area contributed by atoms with Gasteiger partial charge in [0.25, 0.3) is 0 Å². The van der Waals surface area contributed by atoms with Crippen LogP contribution in [-0.2, 0) is 17.8 Å². The quantitative estimate of drug-likeness (QED) is 0.766. The number of alkyl halides is 4. The third-order valence-corrected chi connectivity index (χ3v) is 3.53. The van der Waals surface area contributed by atoms with Crippen LogP contribution in [0.5, 0.6) is 0 Å². The number of hydrogen-bond donors (Lipinski definition) is 0. The highest BCUT2D eigenvalue weighted by Crippen LogP contribution is 2.30. The highest BCUT2D eigenvalue weighted by Gasteiger charge is 2.47. The highest BCUT2D eigenvalue weighted by molar-refractivity contribution is 5.82. The Kier molecular flexibility index (Phi) is 4.01. The zero-order valence-corrected chi connectivity index (χ0v) is 10.9. The molecule has 1 aliphatic rings. The molecule has 1 aromatic rings. The van der Waals surface area contributed by atoms with Crippen LogP contribution in [0.25, 0.3) is 0 Å². The molecule has 1 radical (unpaired) electrons. The van der Waals surface area contributed by atoms with Crippen molar-refractivity contribution in [3.05, 3.63) is 35.4 Å². The third kappa shape index (κ3) is 2.78. The molecule has 1 amide bonds. The van der Waals surface area contributed by atoms with Gasteiger partial charge < -0.3 is 4.90 Å². The van der Waals surface area contributed by atoms with Crippen molar-refractivity contribution in [3.63, 3.8) is 0 Å². The van der Waals surface area contributed by atoms with E-state index in [9.17, 15) is 22.4 Å². The SMILES string of the molecule is CCC(F)C1Cc2cc[c]cc2CN1C(=O)C(F)(F)F. The molecule has 0 aromatic heterocycles. The van der Waals surface area contributed by atoms with Crippen LogP contribution < -0.4 is 0 Å². The van der Waals surface area contributed by atoms with Crippen molar-refractivity contribution in [2.45, 2.75) is 44.7 Å². The van der Waals surface area contributed by atoms with E-state index < -0.39 is 24.3 Å². The molecule has 109 valence electrons. The topological polar surface area (TPSA) is 20.3 Å². The fraction of sp³-hybridized carbons (Fsp3) is 0.500. The van der Waals surface area contributed by atoms with E-state index in [1.54, 1.807) is 25.1 Å². The number of carbonyl (C=O) groups is 1. The summed E-state index contributed by atoms with van der Waals surface area (Å²) in [5.41, 5.74) is 1.36. The van der Waals surface area contributed by atoms with E-state index in [1.165, 1.54) is 0 Å². The first-order valence-electron chi connectivity index (χ1n) is 6.34. The Hall–Kier alpha value is -1.59. The zero-order valence-electron chi connectivity index (χ0n) is 10.9. The van der Waals surface area contributed by atoms with Gasteiger partial charge in [-0.15, -0.1) is 0 Å². The average molecular weight is 288 g/mol. The lowest BCUT2D eigenvalue weighted by molar-refractivity contribution is -0.190. The molecule has 0 fully saturated rings. The number of amides is 1. The average Bonchev–Trinajstić information content (AvgIpc) is 2.43. The van der Waals surface area contributed by atoms with Crippen molar-refractivity contribution in [1.29, 1.82) is 0 Å². The molecule has 2 atom stereocenters. The maximum absolute atomic E-state index is 13.9. The summed E-state index contributed by atoms with van der Waals surface area (Å²) in [5.74, 6) is -1.98. The van der Waals surface area contributed by atoms with Gasteiger partial charge in [-0.1, -0.05) is 19.1 Å². The van der Waals surface area contributed by atoms with Gasteiger partial charge in [-0.05, 0) is 36.1 Å². The second kappa shape index (κ2) is 5.42. The number of benzene rings is 1. The minimum atomic E-state index is -4.98. The maximum Gasteiger partial charge on any atom is 0.471 e. The number of nitrogens with zero attached hydrogens (tertiary/aromatic N) is 1. The molecule has 0 N–H and O–H groups in total. The summed E-state index contributed by atoms with van der Waals surface area (Å²) in [6.07, 6.45) is -6.29. The maximum atomic E-state index is 13.9. The molecule has 2 unspecified atom stereocenters. The minimum Gasteiger partial charge on any atom is -0.324 e. The second-order valence-corrected chi connectivity index (χ2v) is 4.82. The predicted octanol–water partition coefficient (Wildman–Crippen LogP) is 3.05. The number of fused-ring (bicyclic) bond motifs is 1. The molecule has 20 heavy (non-hydrogen) atoms. The number of hydrogen-bond acceptors (Lipinski definition) is 1. The fourth-order valence-electron chi connectivity index (χ4n) is 2.46. The fourth-order valence-corrected chi connectivity index (χ4v) is 2.46. The summed E-state index contributed by atoms with van der Waals surface area (Å²) >= 11 is 0. The van der Waals surface area contributed by atoms with Crippen LogP contribution in [0.3, 0.4) is 0 Å². The van der Waals surface area contributed by atoms with Gasteiger partial charge in [0.05, 0.1) is 6.04 Å². The lowest BCUT2D eigenvalue weighted by Gasteiger charge is -2.38. The molecule has 0 bridgehead atoms. The summed E-state index contributed by atoms with van der Waals surface area (Å²) in [4.78, 5) is 12.1. The monoisotopic (exact) mass is 288 g/mol. The summed E-state index contributed by atoms with van der Waals surface area (Å²) in [6, 6.07) is 6.58. The van der Waals surface area contributed by atoms with Crippen molar-refractivity contribution in [1.82, 2.24) is 4.90 Å². The first-order chi connectivity index (χ1) is 9.34. The van der Waals surface area contributed by atoms with Gasteiger partial charge >= 0.3 is 12.1 Å². The molecule has 1 aromatic carbocycles. The first kappa shape index (κ1) is 14.8. The van der Waals surface area contributed by atoms with Crippen LogP contribution in [0.15, 0.2) is 18.2 Å². The largest absolute Gasteiger partial charge is 0.471 e. The van der Waals surface area contributed by atoms with Gasteiger partial charge in [0.15, 0.2) is 0 Å². The van der Waals surface area contributed by atoms with E-state index in [4.69, 9.17) is 0 Å². The van der Waals surface area contributed by atoms with Crippen LogP contribution in [-0.4, -0.2) is 29.2 Å². The summed E-state index contributed by atoms with van der Waals surface area (Å²) in [5, 5.41) is 0. The molecule has 1 heterocycles. The molecule has 2 rings (SSSR count). The van der Waals surface area contributed by atoms with Gasteiger partial charge in [-0.3, -0.25) is 4.79 Å². The van der Waals surface area contributed by atoms with Crippen molar-refractivity contribution in [3.8, 4) is 0 Å². The van der Waals surface area contributed by atoms with E-state index in [-0.39, 0.29) is 19.4 Å². The summed E-state index contributed by atoms with van der Waals surface area (Å²) < 4.78 is 51.8. The van der Waals surface area contributed by atoms with Crippen molar-refractivity contribution in [2.75, 3.05) is 0 Å². The normalized spacial score (nSPS) is 20.4. The molecule has 0 spiro atoms. The van der Waals surface area contributed by atoms with E-state index in [0.29, 0.717) is 10.5 Å². The number of halogens is 4. The molecule has 0 aliphatic carbocycles. The van der Waals surface area contributed by atoms with Crippen molar-refractivity contribution >= 4 is 5.91 Å². The Bertz CT molecular complexity index is 500. The van der Waals surface area contributed by atoms with Crippen LogP contribution >= 0.6 is 0 Å². The molecule has 1 aliphatic heterocycles. The molecule has 2 nitrogen and oxygen atoms in total. The Morgan fingerprint density at radius 2 is 2.20 bits per heavy atom. The Labute approximate surface area is 114 Å². The first-order valence-corrected chi connectivity index (χ1v) is 6.34. The summed E-state index contributed by atoms with van der Waals surface area (Å²) in [6.45, 7) is 1.32. The molecular weight excluding hydrogens is 274 g/mol. The van der Waals surface area contributed by atoms with E-state index in [2.05, 4.69) is 6.07 Å². The van der Waals surface area contributed by atoms with Crippen LogP contribution in [0, 0.1) is 6.07 Å². The number of carbonyl (C=O) groups excluding carboxylic acids is 1. The van der Waals surface area contributed by atoms with E-state index >= 15 is 0 Å². The number of rotatable bonds is 2. The van der Waals surface area contributed by atoms with Gasteiger partial charge in [0.1, 0.15) is 6.17 Å². The third-order valence-electron chi connectivity index (χ3n) is 3.53. The lowest BCUT2D eigenvalue weighted by atomic mass is 9.90. The van der Waals surface area contributed by atoms with Gasteiger partial charge in [0, 0.05) is 6.54 Å². The predicted molar refractivity (Wildman–Crippen MR) is 64.6 cm³/mol. The van der Waals surface area contributed by atoms with Gasteiger partial charge in [-0.2, -0.15) is 13.2 Å². The smallest absolute Gasteiger partial charge is 0.324 e. The van der Waals surface area contributed by atoms with Gasteiger partial charge in [-0.25, -0.2) is 4.39 Å². The highest BCUT2D eigenvalue weighted by atomic mass is 19.4. The minimum absolute atomic E-state index is 0.0700. The van der Waals surface area contributed by atoms with Crippen LogP contribution in [0.1, 0.15) is 24.5 Å². The Morgan fingerprint density at radius 1 is 1.50 bits per heavy atom. The molecular formula is C14H14F4NO. The van der Waals surface area contributed by atoms with Crippen LogP contribution in [0.4, 0.5) is 17.6 Å². The standard InChI is InChI=1S/C14H14F4NO/c1-2-11(15)12-7-9-5-3-4-6-10(9)8-19(12)13(20)14(16,17)18/h3,5-6,11-12H,2,7-8H2,1H3. The molecule has 0 saturated carbocycles.